The number of aryl methyl sites for hydroxylation is 3. The first-order valence-corrected chi connectivity index (χ1v) is 8.67. The normalized spacial score (nSPS) is 12.3. The first-order valence-electron chi connectivity index (χ1n) is 6.44. The van der Waals surface area contributed by atoms with Crippen LogP contribution in [0.2, 0.25) is 0 Å². The van der Waals surface area contributed by atoms with Gasteiger partial charge in [-0.05, 0) is 29.8 Å². The van der Waals surface area contributed by atoms with Gasteiger partial charge in [-0.3, -0.25) is 9.36 Å². The summed E-state index contributed by atoms with van der Waals surface area (Å²) in [6.45, 7) is 4.59. The van der Waals surface area contributed by atoms with Crippen molar-refractivity contribution < 1.29 is 8.42 Å². The van der Waals surface area contributed by atoms with Crippen LogP contribution >= 0.6 is 15.9 Å². The summed E-state index contributed by atoms with van der Waals surface area (Å²) >= 11 is 3.41. The van der Waals surface area contributed by atoms with Crippen molar-refractivity contribution in [2.45, 2.75) is 31.8 Å². The van der Waals surface area contributed by atoms with E-state index in [0.29, 0.717) is 11.4 Å². The molecule has 0 saturated heterocycles. The van der Waals surface area contributed by atoms with Crippen LogP contribution in [0.15, 0.2) is 21.8 Å². The molecule has 0 spiro atoms. The predicted molar refractivity (Wildman–Crippen MR) is 82.2 cm³/mol. The van der Waals surface area contributed by atoms with Crippen molar-refractivity contribution >= 4 is 26.0 Å². The van der Waals surface area contributed by atoms with Gasteiger partial charge in [-0.2, -0.15) is 14.5 Å². The molecule has 0 bridgehead atoms. The number of hydrogen-bond donors (Lipinski definition) is 0. The van der Waals surface area contributed by atoms with Crippen LogP contribution in [0.3, 0.4) is 0 Å². The van der Waals surface area contributed by atoms with Gasteiger partial charge in [0.05, 0.1) is 22.4 Å². The fourth-order valence-corrected chi connectivity index (χ4v) is 3.77. The molecule has 0 fully saturated rings. The number of sulfonamides is 1. The molecule has 7 nitrogen and oxygen atoms in total. The smallest absolute Gasteiger partial charge is 0.246 e. The Hall–Kier alpha value is -1.19. The largest absolute Gasteiger partial charge is 0.274 e. The zero-order valence-corrected chi connectivity index (χ0v) is 14.8. The SMILES string of the molecule is CCn1cc(Br)c(CN(C)S(=O)(=O)c2cn(C)nc2C)n1. The molecular weight excluding hydrogens is 358 g/mol. The van der Waals surface area contributed by atoms with E-state index in [1.54, 1.807) is 25.7 Å². The number of nitrogens with zero attached hydrogens (tertiary/aromatic N) is 5. The average Bonchev–Trinajstić information content (AvgIpc) is 2.92. The summed E-state index contributed by atoms with van der Waals surface area (Å²) in [7, 11) is -0.341. The minimum atomic E-state index is -3.58. The lowest BCUT2D eigenvalue weighted by atomic mass is 10.4. The van der Waals surface area contributed by atoms with Gasteiger partial charge < -0.3 is 0 Å². The van der Waals surface area contributed by atoms with Crippen molar-refractivity contribution in [2.24, 2.45) is 7.05 Å². The Labute approximate surface area is 132 Å². The molecule has 0 aromatic carbocycles. The Kier molecular flexibility index (Phi) is 4.54. The third kappa shape index (κ3) is 3.19. The summed E-state index contributed by atoms with van der Waals surface area (Å²) in [4.78, 5) is 0.221. The molecule has 0 aliphatic heterocycles. The van der Waals surface area contributed by atoms with Gasteiger partial charge >= 0.3 is 0 Å². The summed E-state index contributed by atoms with van der Waals surface area (Å²) in [5, 5.41) is 8.43. The quantitative estimate of drug-likeness (QED) is 0.793. The molecule has 0 aliphatic carbocycles. The summed E-state index contributed by atoms with van der Waals surface area (Å²) in [6, 6.07) is 0. The Bertz CT molecular complexity index is 750. The van der Waals surface area contributed by atoms with Gasteiger partial charge in [-0.25, -0.2) is 8.42 Å². The van der Waals surface area contributed by atoms with Gasteiger partial charge in [-0.15, -0.1) is 0 Å². The molecule has 0 amide bonds. The molecule has 2 heterocycles. The highest BCUT2D eigenvalue weighted by Crippen LogP contribution is 2.22. The maximum Gasteiger partial charge on any atom is 0.246 e. The third-order valence-corrected chi connectivity index (χ3v) is 5.71. The lowest BCUT2D eigenvalue weighted by Crippen LogP contribution is -2.27. The number of aromatic nitrogens is 4. The van der Waals surface area contributed by atoms with Crippen LogP contribution in [0, 0.1) is 6.92 Å². The number of halogens is 1. The van der Waals surface area contributed by atoms with E-state index < -0.39 is 10.0 Å². The van der Waals surface area contributed by atoms with E-state index in [-0.39, 0.29) is 11.4 Å². The van der Waals surface area contributed by atoms with Gasteiger partial charge in [0, 0.05) is 33.0 Å². The molecule has 0 N–H and O–H groups in total. The summed E-state index contributed by atoms with van der Waals surface area (Å²) in [5.41, 5.74) is 1.17. The van der Waals surface area contributed by atoms with Crippen molar-refractivity contribution in [1.82, 2.24) is 23.9 Å². The lowest BCUT2D eigenvalue weighted by Gasteiger charge is -2.15. The first-order chi connectivity index (χ1) is 9.75. The van der Waals surface area contributed by atoms with Crippen LogP contribution in [0.5, 0.6) is 0 Å². The molecule has 0 atom stereocenters. The zero-order chi connectivity index (χ0) is 15.8. The first kappa shape index (κ1) is 16.2. The molecule has 2 aromatic heterocycles. The van der Waals surface area contributed by atoms with Crippen LogP contribution in [-0.4, -0.2) is 39.3 Å². The van der Waals surface area contributed by atoms with E-state index in [2.05, 4.69) is 26.1 Å². The number of rotatable bonds is 5. The molecule has 9 heteroatoms. The van der Waals surface area contributed by atoms with Crippen LogP contribution in [-0.2, 0) is 30.2 Å². The van der Waals surface area contributed by atoms with E-state index in [1.807, 2.05) is 13.1 Å². The molecule has 0 radical (unpaired) electrons. The number of hydrogen-bond acceptors (Lipinski definition) is 4. The van der Waals surface area contributed by atoms with Crippen molar-refractivity contribution in [3.63, 3.8) is 0 Å². The highest BCUT2D eigenvalue weighted by molar-refractivity contribution is 9.10. The van der Waals surface area contributed by atoms with E-state index >= 15 is 0 Å². The second-order valence-corrected chi connectivity index (χ2v) is 7.66. The van der Waals surface area contributed by atoms with E-state index in [1.165, 1.54) is 15.2 Å². The Balaban J connectivity index is 2.28. The van der Waals surface area contributed by atoms with E-state index in [0.717, 1.165) is 11.0 Å². The average molecular weight is 376 g/mol. The van der Waals surface area contributed by atoms with Crippen LogP contribution in [0.25, 0.3) is 0 Å². The van der Waals surface area contributed by atoms with Crippen molar-refractivity contribution in [3.05, 3.63) is 28.3 Å². The summed E-state index contributed by atoms with van der Waals surface area (Å²) < 4.78 is 30.5. The molecular formula is C12H18BrN5O2S. The molecule has 0 aliphatic rings. The van der Waals surface area contributed by atoms with Crippen LogP contribution in [0.1, 0.15) is 18.3 Å². The maximum atomic E-state index is 12.6. The minimum absolute atomic E-state index is 0.199. The van der Waals surface area contributed by atoms with Crippen molar-refractivity contribution in [1.29, 1.82) is 0 Å². The molecule has 2 aromatic rings. The van der Waals surface area contributed by atoms with E-state index in [9.17, 15) is 8.42 Å². The molecule has 21 heavy (non-hydrogen) atoms. The van der Waals surface area contributed by atoms with E-state index in [4.69, 9.17) is 0 Å². The van der Waals surface area contributed by atoms with Gasteiger partial charge in [0.1, 0.15) is 4.90 Å². The van der Waals surface area contributed by atoms with Crippen LogP contribution in [0.4, 0.5) is 0 Å². The summed E-state index contributed by atoms with van der Waals surface area (Å²) in [5.74, 6) is 0. The second-order valence-electron chi connectivity index (χ2n) is 4.79. The Morgan fingerprint density at radius 2 is 2.00 bits per heavy atom. The van der Waals surface area contributed by atoms with Gasteiger partial charge in [0.2, 0.25) is 10.0 Å². The maximum absolute atomic E-state index is 12.6. The summed E-state index contributed by atoms with van der Waals surface area (Å²) in [6.07, 6.45) is 3.35. The Morgan fingerprint density at radius 1 is 1.33 bits per heavy atom. The van der Waals surface area contributed by atoms with Gasteiger partial charge in [0.25, 0.3) is 0 Å². The molecule has 0 unspecified atom stereocenters. The monoisotopic (exact) mass is 375 g/mol. The fourth-order valence-electron chi connectivity index (χ4n) is 2.00. The lowest BCUT2D eigenvalue weighted by molar-refractivity contribution is 0.457. The standard InChI is InChI=1S/C12H18BrN5O2S/c1-5-18-6-10(13)11(15-18)7-17(4)21(19,20)12-8-16(3)14-9(12)2/h6,8H,5,7H2,1-4H3. The minimum Gasteiger partial charge on any atom is -0.274 e. The fraction of sp³-hybridized carbons (Fsp3) is 0.500. The topological polar surface area (TPSA) is 73.0 Å². The van der Waals surface area contributed by atoms with Crippen LogP contribution < -0.4 is 0 Å². The highest BCUT2D eigenvalue weighted by Gasteiger charge is 2.26. The predicted octanol–water partition coefficient (Wildman–Crippen LogP) is 1.53. The molecule has 0 saturated carbocycles. The van der Waals surface area contributed by atoms with Gasteiger partial charge in [0.15, 0.2) is 0 Å². The van der Waals surface area contributed by atoms with Crippen molar-refractivity contribution in [2.75, 3.05) is 7.05 Å². The van der Waals surface area contributed by atoms with Crippen molar-refractivity contribution in [3.8, 4) is 0 Å². The second kappa shape index (κ2) is 5.90. The third-order valence-electron chi connectivity index (χ3n) is 3.14. The highest BCUT2D eigenvalue weighted by atomic mass is 79.9. The zero-order valence-electron chi connectivity index (χ0n) is 12.4. The Morgan fingerprint density at radius 3 is 2.48 bits per heavy atom. The van der Waals surface area contributed by atoms with Gasteiger partial charge in [-0.1, -0.05) is 0 Å². The molecule has 116 valence electrons. The molecule has 2 rings (SSSR count).